The highest BCUT2D eigenvalue weighted by Gasteiger charge is 2.15. The second kappa shape index (κ2) is 8.35. The Kier molecular flexibility index (Phi) is 5.48. The molecule has 0 aliphatic carbocycles. The molecule has 1 aromatic carbocycles. The highest BCUT2D eigenvalue weighted by molar-refractivity contribution is 5.97. The lowest BCUT2D eigenvalue weighted by Gasteiger charge is -2.26. The fourth-order valence-electron chi connectivity index (χ4n) is 3.54. The van der Waals surface area contributed by atoms with Crippen molar-refractivity contribution < 1.29 is 5.11 Å². The Morgan fingerprint density at radius 2 is 1.93 bits per heavy atom. The first-order valence-electron chi connectivity index (χ1n) is 9.76. The Balaban J connectivity index is 1.56. The third kappa shape index (κ3) is 4.12. The number of phenols is 1. The first-order valence-corrected chi connectivity index (χ1v) is 9.76. The fraction of sp³-hybridized carbons (Fsp3) is 0.318. The Morgan fingerprint density at radius 1 is 1.11 bits per heavy atom. The zero-order chi connectivity index (χ0) is 19.3. The summed E-state index contributed by atoms with van der Waals surface area (Å²) in [5.41, 5.74) is 6.08. The van der Waals surface area contributed by atoms with Gasteiger partial charge in [-0.15, -0.1) is 0 Å². The minimum absolute atomic E-state index is 0.261. The summed E-state index contributed by atoms with van der Waals surface area (Å²) in [6.07, 6.45) is 5.50. The first-order chi connectivity index (χ1) is 13.7. The van der Waals surface area contributed by atoms with Crippen molar-refractivity contribution >= 4 is 22.4 Å². The average Bonchev–Trinajstić information content (AvgIpc) is 2.75. The molecular formula is C22H25N5O. The van der Waals surface area contributed by atoms with Crippen molar-refractivity contribution in [3.05, 3.63) is 59.9 Å². The van der Waals surface area contributed by atoms with Crippen LogP contribution in [-0.2, 0) is 6.54 Å². The molecule has 0 spiro atoms. The highest BCUT2D eigenvalue weighted by Crippen LogP contribution is 2.30. The molecule has 2 N–H and O–H groups in total. The van der Waals surface area contributed by atoms with E-state index < -0.39 is 0 Å². The lowest BCUT2D eigenvalue weighted by atomic mass is 10.1. The van der Waals surface area contributed by atoms with Gasteiger partial charge in [0.15, 0.2) is 0 Å². The second-order valence-corrected chi connectivity index (χ2v) is 7.20. The number of nitrogens with zero attached hydrogens (tertiary/aromatic N) is 4. The summed E-state index contributed by atoms with van der Waals surface area (Å²) in [5.74, 6) is 0.852. The molecule has 1 fully saturated rings. The summed E-state index contributed by atoms with van der Waals surface area (Å²) >= 11 is 0. The van der Waals surface area contributed by atoms with E-state index in [-0.39, 0.29) is 5.75 Å². The molecule has 6 nitrogen and oxygen atoms in total. The van der Waals surface area contributed by atoms with Gasteiger partial charge in [-0.05, 0) is 57.1 Å². The van der Waals surface area contributed by atoms with Crippen LogP contribution in [0.15, 0.2) is 53.8 Å². The summed E-state index contributed by atoms with van der Waals surface area (Å²) in [5, 5.41) is 16.1. The normalized spacial score (nSPS) is 15.7. The molecule has 0 unspecified atom stereocenters. The highest BCUT2D eigenvalue weighted by atomic mass is 16.3. The summed E-state index contributed by atoms with van der Waals surface area (Å²) in [4.78, 5) is 11.3. The minimum atomic E-state index is 0.261. The third-order valence-electron chi connectivity index (χ3n) is 5.14. The average molecular weight is 375 g/mol. The Labute approximate surface area is 164 Å². The number of anilines is 1. The number of aromatic nitrogens is 2. The quantitative estimate of drug-likeness (QED) is 0.517. The van der Waals surface area contributed by atoms with Gasteiger partial charge in [-0.3, -0.25) is 15.3 Å². The fourth-order valence-corrected chi connectivity index (χ4v) is 3.54. The zero-order valence-corrected chi connectivity index (χ0v) is 16.1. The lowest BCUT2D eigenvalue weighted by molar-refractivity contribution is 0.218. The van der Waals surface area contributed by atoms with E-state index in [9.17, 15) is 5.11 Å². The molecule has 1 saturated heterocycles. The molecule has 144 valence electrons. The van der Waals surface area contributed by atoms with Gasteiger partial charge in [0.2, 0.25) is 0 Å². The number of hydrogen-bond donors (Lipinski definition) is 2. The first kappa shape index (κ1) is 18.4. The van der Waals surface area contributed by atoms with E-state index in [1.165, 1.54) is 19.3 Å². The number of piperidine rings is 1. The van der Waals surface area contributed by atoms with Crippen LogP contribution in [-0.4, -0.2) is 38.8 Å². The van der Waals surface area contributed by atoms with Gasteiger partial charge in [0.1, 0.15) is 17.1 Å². The van der Waals surface area contributed by atoms with Crippen molar-refractivity contribution in [2.45, 2.75) is 32.7 Å². The second-order valence-electron chi connectivity index (χ2n) is 7.20. The monoisotopic (exact) mass is 375 g/mol. The molecule has 0 saturated carbocycles. The smallest absolute Gasteiger partial charge is 0.147 e. The van der Waals surface area contributed by atoms with Crippen LogP contribution in [0.25, 0.3) is 10.9 Å². The van der Waals surface area contributed by atoms with E-state index in [1.807, 2.05) is 49.4 Å². The number of nitrogens with one attached hydrogen (secondary N) is 1. The molecule has 1 aliphatic heterocycles. The Morgan fingerprint density at radius 3 is 2.71 bits per heavy atom. The van der Waals surface area contributed by atoms with E-state index in [4.69, 9.17) is 0 Å². The molecule has 6 heteroatoms. The molecule has 2 aromatic heterocycles. The maximum atomic E-state index is 10.8. The van der Waals surface area contributed by atoms with Gasteiger partial charge >= 0.3 is 0 Å². The molecular weight excluding hydrogens is 350 g/mol. The molecule has 0 atom stereocenters. The van der Waals surface area contributed by atoms with Crippen LogP contribution in [0.3, 0.4) is 0 Å². The molecule has 0 bridgehead atoms. The molecule has 28 heavy (non-hydrogen) atoms. The van der Waals surface area contributed by atoms with Crippen molar-refractivity contribution in [1.82, 2.24) is 14.9 Å². The number of fused-ring (bicyclic) bond motifs is 1. The molecule has 0 amide bonds. The molecule has 3 heterocycles. The number of phenolic OH excluding ortho intramolecular Hbond substituents is 1. The number of benzene rings is 1. The van der Waals surface area contributed by atoms with Crippen molar-refractivity contribution in [2.24, 2.45) is 5.10 Å². The van der Waals surface area contributed by atoms with Crippen molar-refractivity contribution in [3.63, 3.8) is 0 Å². The predicted octanol–water partition coefficient (Wildman–Crippen LogP) is 4.16. The van der Waals surface area contributed by atoms with Crippen LogP contribution in [0, 0.1) is 0 Å². The molecule has 4 rings (SSSR count). The summed E-state index contributed by atoms with van der Waals surface area (Å²) in [7, 11) is 0. The van der Waals surface area contributed by atoms with Gasteiger partial charge in [0.25, 0.3) is 0 Å². The van der Waals surface area contributed by atoms with Crippen LogP contribution in [0.4, 0.5) is 5.82 Å². The lowest BCUT2D eigenvalue weighted by Crippen LogP contribution is -2.29. The minimum Gasteiger partial charge on any atom is -0.505 e. The van der Waals surface area contributed by atoms with Gasteiger partial charge in [0, 0.05) is 23.7 Å². The van der Waals surface area contributed by atoms with Gasteiger partial charge in [-0.25, -0.2) is 4.98 Å². The standard InChI is InChI=1S/C22H25N5O/c1-16(19-7-3-4-12-23-19)25-26-20-11-10-17-8-9-18(22(28)21(17)24-20)15-27-13-5-2-6-14-27/h3-4,7-12,28H,2,5-6,13-15H2,1H3,(H,24,26)/b25-16-. The van der Waals surface area contributed by atoms with E-state index in [0.717, 1.165) is 42.0 Å². The van der Waals surface area contributed by atoms with Crippen LogP contribution < -0.4 is 5.43 Å². The largest absolute Gasteiger partial charge is 0.505 e. The van der Waals surface area contributed by atoms with Crippen molar-refractivity contribution in [1.29, 1.82) is 0 Å². The van der Waals surface area contributed by atoms with Gasteiger partial charge < -0.3 is 5.11 Å². The van der Waals surface area contributed by atoms with Gasteiger partial charge in [-0.1, -0.05) is 24.6 Å². The predicted molar refractivity (Wildman–Crippen MR) is 113 cm³/mol. The third-order valence-corrected chi connectivity index (χ3v) is 5.14. The van der Waals surface area contributed by atoms with Crippen LogP contribution in [0.1, 0.15) is 37.4 Å². The van der Waals surface area contributed by atoms with E-state index >= 15 is 0 Å². The van der Waals surface area contributed by atoms with E-state index in [2.05, 4.69) is 25.4 Å². The van der Waals surface area contributed by atoms with Crippen molar-refractivity contribution in [2.75, 3.05) is 18.5 Å². The number of hydrogen-bond acceptors (Lipinski definition) is 6. The maximum Gasteiger partial charge on any atom is 0.147 e. The molecule has 3 aromatic rings. The zero-order valence-electron chi connectivity index (χ0n) is 16.1. The number of aromatic hydroxyl groups is 1. The van der Waals surface area contributed by atoms with Gasteiger partial charge in [0.05, 0.1) is 11.4 Å². The molecule has 1 aliphatic rings. The Hall–Kier alpha value is -2.99. The molecule has 0 radical (unpaired) electrons. The van der Waals surface area contributed by atoms with E-state index in [1.54, 1.807) is 6.20 Å². The number of hydrazone groups is 1. The van der Waals surface area contributed by atoms with Crippen LogP contribution in [0.2, 0.25) is 0 Å². The number of rotatable bonds is 5. The number of pyridine rings is 2. The van der Waals surface area contributed by atoms with Crippen molar-refractivity contribution in [3.8, 4) is 5.75 Å². The maximum absolute atomic E-state index is 10.8. The SMILES string of the molecule is C/C(=N/Nc1ccc2ccc(CN3CCCCC3)c(O)c2n1)c1ccccn1. The van der Waals surface area contributed by atoms with Gasteiger partial charge in [-0.2, -0.15) is 5.10 Å². The topological polar surface area (TPSA) is 73.6 Å². The number of likely N-dealkylation sites (tertiary alicyclic amines) is 1. The summed E-state index contributed by atoms with van der Waals surface area (Å²) in [6.45, 7) is 4.84. The Bertz CT molecular complexity index is 981. The van der Waals surface area contributed by atoms with E-state index in [0.29, 0.717) is 11.3 Å². The van der Waals surface area contributed by atoms with Crippen LogP contribution >= 0.6 is 0 Å². The summed E-state index contributed by atoms with van der Waals surface area (Å²) < 4.78 is 0. The summed E-state index contributed by atoms with van der Waals surface area (Å²) in [6, 6.07) is 13.5. The van der Waals surface area contributed by atoms with Crippen LogP contribution in [0.5, 0.6) is 5.75 Å².